The Hall–Kier alpha value is -4.66. The summed E-state index contributed by atoms with van der Waals surface area (Å²) >= 11 is 0. The van der Waals surface area contributed by atoms with Crippen LogP contribution in [-0.4, -0.2) is 23.3 Å². The smallest absolute Gasteiger partial charge is 0.380 e. The molecule has 0 bridgehead atoms. The Labute approximate surface area is 200 Å². The number of anilines is 1. The van der Waals surface area contributed by atoms with Crippen molar-refractivity contribution in [2.75, 3.05) is 5.01 Å². The number of aromatic nitrogens is 3. The number of nitrogens with two attached hydrogens (primary N) is 1. The van der Waals surface area contributed by atoms with E-state index in [2.05, 4.69) is 16.3 Å². The quantitative estimate of drug-likeness (QED) is 0.368. The van der Waals surface area contributed by atoms with Crippen LogP contribution in [0.5, 0.6) is 5.75 Å². The van der Waals surface area contributed by atoms with Crippen molar-refractivity contribution < 1.29 is 17.0 Å². The Morgan fingerprint density at radius 3 is 2.46 bits per heavy atom. The lowest BCUT2D eigenvalue weighted by molar-refractivity contribution is 0.487. The molecule has 11 heteroatoms. The first-order valence-electron chi connectivity index (χ1n) is 10.4. The molecule has 2 aromatic heterocycles. The Kier molecular flexibility index (Phi) is 5.66. The first-order valence-corrected chi connectivity index (χ1v) is 11.8. The van der Waals surface area contributed by atoms with Crippen LogP contribution < -0.4 is 14.3 Å². The van der Waals surface area contributed by atoms with Gasteiger partial charge in [-0.1, -0.05) is 30.3 Å². The van der Waals surface area contributed by atoms with E-state index in [-0.39, 0.29) is 5.75 Å². The van der Waals surface area contributed by atoms with Crippen LogP contribution in [0.15, 0.2) is 89.9 Å². The third kappa shape index (κ3) is 4.84. The molecule has 0 aliphatic rings. The molecule has 0 radical (unpaired) electrons. The van der Waals surface area contributed by atoms with Gasteiger partial charge in [-0.05, 0) is 48.0 Å². The normalized spacial score (nSPS) is 11.3. The number of benzene rings is 3. The van der Waals surface area contributed by atoms with Gasteiger partial charge in [0.1, 0.15) is 29.7 Å². The molecule has 0 atom stereocenters. The van der Waals surface area contributed by atoms with Gasteiger partial charge in [0.05, 0.1) is 23.9 Å². The largest absolute Gasteiger partial charge is 0.456 e. The summed E-state index contributed by atoms with van der Waals surface area (Å²) in [5.74, 6) is 0.690. The van der Waals surface area contributed by atoms with Crippen molar-refractivity contribution in [2.24, 2.45) is 5.14 Å². The van der Waals surface area contributed by atoms with Crippen molar-refractivity contribution in [1.29, 1.82) is 5.26 Å². The van der Waals surface area contributed by atoms with Crippen molar-refractivity contribution in [2.45, 2.75) is 6.54 Å². The molecular weight excluding hydrogens is 468 g/mol. The van der Waals surface area contributed by atoms with E-state index < -0.39 is 10.3 Å². The van der Waals surface area contributed by atoms with Crippen molar-refractivity contribution in [3.63, 3.8) is 0 Å². The van der Waals surface area contributed by atoms with Gasteiger partial charge < -0.3 is 8.60 Å². The van der Waals surface area contributed by atoms with Crippen LogP contribution in [0.3, 0.4) is 0 Å². The Morgan fingerprint density at radius 2 is 1.77 bits per heavy atom. The molecule has 3 aromatic carbocycles. The third-order valence-corrected chi connectivity index (χ3v) is 5.69. The zero-order valence-electron chi connectivity index (χ0n) is 18.1. The predicted molar refractivity (Wildman–Crippen MR) is 128 cm³/mol. The highest BCUT2D eigenvalue weighted by molar-refractivity contribution is 7.84. The second-order valence-corrected chi connectivity index (χ2v) is 8.76. The fraction of sp³-hybridized carbons (Fsp3) is 0.0417. The fourth-order valence-corrected chi connectivity index (χ4v) is 4.07. The minimum atomic E-state index is -4.11. The van der Waals surface area contributed by atoms with Gasteiger partial charge in [0.2, 0.25) is 0 Å². The summed E-state index contributed by atoms with van der Waals surface area (Å²) in [6, 6.07) is 23.7. The van der Waals surface area contributed by atoms with E-state index in [1.807, 2.05) is 47.5 Å². The Balaban J connectivity index is 1.53. The van der Waals surface area contributed by atoms with E-state index in [1.54, 1.807) is 35.5 Å². The number of furan rings is 1. The molecule has 0 amide bonds. The number of hydrogen-bond acceptors (Lipinski definition) is 8. The van der Waals surface area contributed by atoms with Crippen LogP contribution in [0.25, 0.3) is 22.3 Å². The van der Waals surface area contributed by atoms with Crippen LogP contribution in [0, 0.1) is 11.3 Å². The third-order valence-electron chi connectivity index (χ3n) is 5.27. The van der Waals surface area contributed by atoms with Gasteiger partial charge in [-0.2, -0.15) is 18.8 Å². The number of rotatable bonds is 7. The molecule has 2 heterocycles. The number of nitrogens with zero attached hydrogens (tertiary/aromatic N) is 5. The van der Waals surface area contributed by atoms with E-state index in [0.717, 1.165) is 22.2 Å². The Bertz CT molecular complexity index is 1600. The minimum Gasteiger partial charge on any atom is -0.456 e. The molecule has 0 saturated carbocycles. The summed E-state index contributed by atoms with van der Waals surface area (Å²) < 4.78 is 34.8. The van der Waals surface area contributed by atoms with Crippen molar-refractivity contribution in [1.82, 2.24) is 14.9 Å². The molecule has 0 saturated heterocycles. The highest BCUT2D eigenvalue weighted by Crippen LogP contribution is 2.33. The van der Waals surface area contributed by atoms with Crippen molar-refractivity contribution in [3.8, 4) is 23.1 Å². The fourth-order valence-electron chi connectivity index (χ4n) is 3.69. The molecule has 0 aliphatic carbocycles. The molecule has 35 heavy (non-hydrogen) atoms. The van der Waals surface area contributed by atoms with Gasteiger partial charge in [-0.15, -0.1) is 10.2 Å². The first-order chi connectivity index (χ1) is 16.9. The number of para-hydroxylation sites is 1. The second-order valence-electron chi connectivity index (χ2n) is 7.61. The minimum absolute atomic E-state index is 0.109. The van der Waals surface area contributed by atoms with Gasteiger partial charge in [-0.3, -0.25) is 5.01 Å². The molecule has 5 aromatic rings. The van der Waals surface area contributed by atoms with Crippen LogP contribution in [0.1, 0.15) is 11.1 Å². The molecule has 0 fully saturated rings. The zero-order valence-corrected chi connectivity index (χ0v) is 19.0. The van der Waals surface area contributed by atoms with Gasteiger partial charge in [0.15, 0.2) is 0 Å². The van der Waals surface area contributed by atoms with Crippen LogP contribution in [0.2, 0.25) is 0 Å². The molecule has 0 unspecified atom stereocenters. The number of fused-ring (bicyclic) bond motifs is 1. The van der Waals surface area contributed by atoms with Gasteiger partial charge in [0.25, 0.3) is 0 Å². The average molecular weight is 487 g/mol. The summed E-state index contributed by atoms with van der Waals surface area (Å²) in [5.41, 5.74) is 3.45. The van der Waals surface area contributed by atoms with Gasteiger partial charge >= 0.3 is 10.3 Å². The number of hydrogen-bond donors (Lipinski definition) is 1. The van der Waals surface area contributed by atoms with Crippen LogP contribution in [-0.2, 0) is 16.8 Å². The zero-order chi connectivity index (χ0) is 24.4. The van der Waals surface area contributed by atoms with E-state index in [9.17, 15) is 13.7 Å². The SMILES string of the molecule is N#Cc1ccc(N(Cc2ccc(OS(N)(=O)=O)cc2)n2cnnc2)cc1-c1cc2ccccc2o1. The molecule has 2 N–H and O–H groups in total. The summed E-state index contributed by atoms with van der Waals surface area (Å²) in [5, 5.41) is 25.3. The highest BCUT2D eigenvalue weighted by atomic mass is 32.2. The second kappa shape index (κ2) is 8.94. The summed E-state index contributed by atoms with van der Waals surface area (Å²) in [6.45, 7) is 0.374. The van der Waals surface area contributed by atoms with E-state index in [0.29, 0.717) is 23.4 Å². The number of nitriles is 1. The lowest BCUT2D eigenvalue weighted by atomic mass is 10.0. The van der Waals surface area contributed by atoms with E-state index in [1.165, 1.54) is 12.1 Å². The molecule has 0 aliphatic heterocycles. The molecule has 5 rings (SSSR count). The molecule has 10 nitrogen and oxygen atoms in total. The molecule has 0 spiro atoms. The first kappa shape index (κ1) is 22.1. The standard InChI is InChI=1S/C24H18N6O4S/c25-13-19-7-8-20(12-22(19)24-11-18-3-1-2-4-23(18)33-24)30(29-15-27-28-16-29)14-17-5-9-21(10-6-17)34-35(26,31)32/h1-12,15-16H,14H2,(H2,26,31,32). The lowest BCUT2D eigenvalue weighted by Gasteiger charge is -2.25. The topological polar surface area (TPSA) is 140 Å². The summed E-state index contributed by atoms with van der Waals surface area (Å²) in [4.78, 5) is 0. The Morgan fingerprint density at radius 1 is 1.03 bits per heavy atom. The van der Waals surface area contributed by atoms with Crippen molar-refractivity contribution in [3.05, 3.63) is 96.6 Å². The van der Waals surface area contributed by atoms with E-state index >= 15 is 0 Å². The van der Waals surface area contributed by atoms with Crippen molar-refractivity contribution >= 4 is 27.0 Å². The average Bonchev–Trinajstić information content (AvgIpc) is 3.52. The molecule has 174 valence electrons. The van der Waals surface area contributed by atoms with Crippen LogP contribution >= 0.6 is 0 Å². The van der Waals surface area contributed by atoms with E-state index in [4.69, 9.17) is 13.7 Å². The maximum absolute atomic E-state index is 11.2. The summed E-state index contributed by atoms with van der Waals surface area (Å²) in [7, 11) is -4.11. The maximum atomic E-state index is 11.2. The van der Waals surface area contributed by atoms with Gasteiger partial charge in [-0.25, -0.2) is 4.68 Å². The lowest BCUT2D eigenvalue weighted by Crippen LogP contribution is -2.28. The molecular formula is C24H18N6O4S. The maximum Gasteiger partial charge on any atom is 0.380 e. The van der Waals surface area contributed by atoms with Crippen LogP contribution in [0.4, 0.5) is 5.69 Å². The monoisotopic (exact) mass is 486 g/mol. The summed E-state index contributed by atoms with van der Waals surface area (Å²) in [6.07, 6.45) is 3.11. The predicted octanol–water partition coefficient (Wildman–Crippen LogP) is 3.62. The highest BCUT2D eigenvalue weighted by Gasteiger charge is 2.16. The van der Waals surface area contributed by atoms with Gasteiger partial charge in [0, 0.05) is 10.9 Å².